The topological polar surface area (TPSA) is 82.2 Å². The van der Waals surface area contributed by atoms with Crippen LogP contribution in [-0.4, -0.2) is 65.0 Å². The molecule has 2 aliphatic heterocycles. The Labute approximate surface area is 194 Å². The molecule has 2 atom stereocenters. The molecule has 0 unspecified atom stereocenters. The number of rotatable bonds is 6. The van der Waals surface area contributed by atoms with Crippen molar-refractivity contribution in [2.45, 2.75) is 38.3 Å². The number of nitrogens with zero attached hydrogens (tertiary/aromatic N) is 3. The Kier molecular flexibility index (Phi) is 6.26. The fourth-order valence-electron chi connectivity index (χ4n) is 4.64. The van der Waals surface area contributed by atoms with Crippen LogP contribution in [0.2, 0.25) is 0 Å². The minimum atomic E-state index is -1.12. The number of urea groups is 2. The number of unbranched alkanes of at least 4 members (excludes halogenated alkanes) is 1. The molecule has 0 saturated carbocycles. The summed E-state index contributed by atoms with van der Waals surface area (Å²) in [6.07, 6.45) is 1.63. The van der Waals surface area contributed by atoms with Crippen LogP contribution in [0.5, 0.6) is 5.75 Å². The summed E-state index contributed by atoms with van der Waals surface area (Å²) < 4.78 is 5.17. The summed E-state index contributed by atoms with van der Waals surface area (Å²) in [5.74, 6) is 0.448. The Morgan fingerprint density at radius 3 is 2.45 bits per heavy atom. The third-order valence-electron chi connectivity index (χ3n) is 6.43. The predicted molar refractivity (Wildman–Crippen MR) is 125 cm³/mol. The van der Waals surface area contributed by atoms with Gasteiger partial charge in [-0.1, -0.05) is 43.7 Å². The molecule has 2 fully saturated rings. The van der Waals surface area contributed by atoms with Gasteiger partial charge in [-0.15, -0.1) is 0 Å². The van der Waals surface area contributed by atoms with Crippen molar-refractivity contribution in [2.75, 3.05) is 32.1 Å². The first-order chi connectivity index (χ1) is 15.9. The van der Waals surface area contributed by atoms with Crippen LogP contribution in [0.25, 0.3) is 0 Å². The van der Waals surface area contributed by atoms with Crippen LogP contribution in [0.15, 0.2) is 54.6 Å². The molecule has 2 saturated heterocycles. The molecule has 8 heteroatoms. The molecule has 0 radical (unpaired) electrons. The fourth-order valence-corrected chi connectivity index (χ4v) is 4.64. The van der Waals surface area contributed by atoms with E-state index in [-0.39, 0.29) is 24.5 Å². The van der Waals surface area contributed by atoms with E-state index >= 15 is 0 Å². The maximum absolute atomic E-state index is 13.4. The number of carbonyl (C=O) groups excluding carboxylic acids is 3. The van der Waals surface area contributed by atoms with Crippen LogP contribution in [-0.2, 0) is 4.79 Å². The highest BCUT2D eigenvalue weighted by Gasteiger charge is 2.60. The predicted octanol–water partition coefficient (Wildman–Crippen LogP) is 4.11. The second kappa shape index (κ2) is 9.13. The highest BCUT2D eigenvalue weighted by molar-refractivity contribution is 6.08. The number of imide groups is 1. The fraction of sp³-hybridized carbons (Fsp3) is 0.400. The van der Waals surface area contributed by atoms with Gasteiger partial charge < -0.3 is 15.0 Å². The van der Waals surface area contributed by atoms with Gasteiger partial charge in [0, 0.05) is 18.8 Å². The van der Waals surface area contributed by atoms with Crippen molar-refractivity contribution >= 4 is 23.7 Å². The first-order valence-corrected chi connectivity index (χ1v) is 11.3. The normalized spacial score (nSPS) is 22.4. The molecular formula is C25H30N4O4. The van der Waals surface area contributed by atoms with Crippen molar-refractivity contribution in [1.29, 1.82) is 0 Å². The number of ether oxygens (including phenoxy) is 1. The summed E-state index contributed by atoms with van der Waals surface area (Å²) >= 11 is 0. The Bertz CT molecular complexity index is 1030. The molecule has 4 rings (SSSR count). The van der Waals surface area contributed by atoms with E-state index < -0.39 is 11.6 Å². The van der Waals surface area contributed by atoms with Crippen molar-refractivity contribution in [2.24, 2.45) is 0 Å². The number of carbonyl (C=O) groups is 3. The van der Waals surface area contributed by atoms with E-state index in [9.17, 15) is 14.4 Å². The summed E-state index contributed by atoms with van der Waals surface area (Å²) in [5.41, 5.74) is 0.396. The molecule has 1 N–H and O–H groups in total. The number of fused-ring (bicyclic) bond motifs is 1. The molecule has 0 aromatic heterocycles. The smallest absolute Gasteiger partial charge is 0.328 e. The number of methoxy groups -OCH3 is 1. The van der Waals surface area contributed by atoms with E-state index in [2.05, 4.69) is 5.32 Å². The summed E-state index contributed by atoms with van der Waals surface area (Å²) in [6.45, 7) is 4.60. The van der Waals surface area contributed by atoms with Crippen molar-refractivity contribution < 1.29 is 19.1 Å². The van der Waals surface area contributed by atoms with Gasteiger partial charge in [0.2, 0.25) is 0 Å². The van der Waals surface area contributed by atoms with Crippen LogP contribution < -0.4 is 10.1 Å². The zero-order valence-electron chi connectivity index (χ0n) is 19.3. The maximum atomic E-state index is 13.4. The maximum Gasteiger partial charge on any atom is 0.328 e. The molecule has 33 heavy (non-hydrogen) atoms. The van der Waals surface area contributed by atoms with Crippen LogP contribution in [0.1, 0.15) is 38.3 Å². The zero-order chi connectivity index (χ0) is 23.6. The minimum absolute atomic E-state index is 0.130. The Morgan fingerprint density at radius 2 is 1.82 bits per heavy atom. The number of piperazine rings is 1. The lowest BCUT2D eigenvalue weighted by molar-refractivity contribution is -0.135. The summed E-state index contributed by atoms with van der Waals surface area (Å²) in [7, 11) is 1.58. The van der Waals surface area contributed by atoms with Gasteiger partial charge in [0.15, 0.2) is 0 Å². The highest BCUT2D eigenvalue weighted by atomic mass is 16.5. The van der Waals surface area contributed by atoms with E-state index in [1.54, 1.807) is 48.1 Å². The van der Waals surface area contributed by atoms with Crippen molar-refractivity contribution in [3.05, 3.63) is 60.2 Å². The molecule has 8 nitrogen and oxygen atoms in total. The first-order valence-electron chi connectivity index (χ1n) is 11.3. The lowest BCUT2D eigenvalue weighted by Crippen LogP contribution is -2.63. The summed E-state index contributed by atoms with van der Waals surface area (Å²) in [5, 5.41) is 2.91. The van der Waals surface area contributed by atoms with Gasteiger partial charge in [0.25, 0.3) is 5.91 Å². The lowest BCUT2D eigenvalue weighted by atomic mass is 9.91. The number of hydrogen-bond donors (Lipinski definition) is 1. The molecule has 2 aromatic rings. The van der Waals surface area contributed by atoms with Crippen LogP contribution >= 0.6 is 0 Å². The highest BCUT2D eigenvalue weighted by Crippen LogP contribution is 2.41. The Morgan fingerprint density at radius 1 is 1.12 bits per heavy atom. The number of amides is 5. The van der Waals surface area contributed by atoms with Crippen molar-refractivity contribution in [3.63, 3.8) is 0 Å². The first kappa shape index (κ1) is 22.6. The number of hydrogen-bond acceptors (Lipinski definition) is 4. The number of benzene rings is 2. The van der Waals surface area contributed by atoms with E-state index in [0.29, 0.717) is 24.5 Å². The van der Waals surface area contributed by atoms with Gasteiger partial charge >= 0.3 is 12.1 Å². The van der Waals surface area contributed by atoms with Gasteiger partial charge in [0.05, 0.1) is 19.7 Å². The average molecular weight is 451 g/mol. The largest absolute Gasteiger partial charge is 0.497 e. The van der Waals surface area contributed by atoms with E-state index in [1.165, 1.54) is 4.90 Å². The van der Waals surface area contributed by atoms with Crippen LogP contribution in [0.4, 0.5) is 15.3 Å². The third-order valence-corrected chi connectivity index (χ3v) is 6.43. The molecule has 2 aromatic carbocycles. The average Bonchev–Trinajstić information content (AvgIpc) is 3.03. The van der Waals surface area contributed by atoms with Gasteiger partial charge in [0.1, 0.15) is 11.3 Å². The Balaban J connectivity index is 1.64. The quantitative estimate of drug-likeness (QED) is 0.672. The van der Waals surface area contributed by atoms with Gasteiger partial charge in [-0.3, -0.25) is 14.6 Å². The van der Waals surface area contributed by atoms with Crippen LogP contribution in [0.3, 0.4) is 0 Å². The molecule has 2 aliphatic rings. The standard InChI is InChI=1S/C25H30N4O4/c1-4-5-15-28-22(30)25(2)17-27(23(31)26-19-11-13-20(33-3)14-12-19)16-21(29(25)24(28)32)18-9-7-6-8-10-18/h6-14,21H,4-5,15-17H2,1-3H3,(H,26,31)/t21-,25-/m1/s1. The second-order valence-corrected chi connectivity index (χ2v) is 8.70. The van der Waals surface area contributed by atoms with Crippen molar-refractivity contribution in [3.8, 4) is 5.75 Å². The van der Waals surface area contributed by atoms with Gasteiger partial charge in [-0.2, -0.15) is 0 Å². The lowest BCUT2D eigenvalue weighted by Gasteiger charge is -2.47. The molecular weight excluding hydrogens is 420 g/mol. The van der Waals surface area contributed by atoms with Crippen molar-refractivity contribution in [1.82, 2.24) is 14.7 Å². The van der Waals surface area contributed by atoms with E-state index in [1.807, 2.05) is 37.3 Å². The Hall–Kier alpha value is -3.55. The number of nitrogens with one attached hydrogen (secondary N) is 1. The van der Waals surface area contributed by atoms with E-state index in [0.717, 1.165) is 18.4 Å². The molecule has 2 heterocycles. The molecule has 0 aliphatic carbocycles. The third kappa shape index (κ3) is 4.13. The SMILES string of the molecule is CCCCN1C(=O)N2[C@@H](c3ccccc3)CN(C(=O)Nc3ccc(OC)cc3)C[C@]2(C)C1=O. The molecule has 5 amide bonds. The van der Waals surface area contributed by atoms with Crippen LogP contribution in [0, 0.1) is 0 Å². The molecule has 0 bridgehead atoms. The molecule has 174 valence electrons. The number of anilines is 1. The summed E-state index contributed by atoms with van der Waals surface area (Å²) in [6, 6.07) is 15.6. The minimum Gasteiger partial charge on any atom is -0.497 e. The van der Waals surface area contributed by atoms with E-state index in [4.69, 9.17) is 4.74 Å². The monoisotopic (exact) mass is 450 g/mol. The molecule has 0 spiro atoms. The van der Waals surface area contributed by atoms with Gasteiger partial charge in [-0.05, 0) is 43.2 Å². The van der Waals surface area contributed by atoms with Gasteiger partial charge in [-0.25, -0.2) is 9.59 Å². The zero-order valence-corrected chi connectivity index (χ0v) is 19.3. The summed E-state index contributed by atoms with van der Waals surface area (Å²) in [4.78, 5) is 44.7. The second-order valence-electron chi connectivity index (χ2n) is 8.70.